The molecule has 0 bridgehead atoms. The van der Waals surface area contributed by atoms with Crippen LogP contribution in [0.25, 0.3) is 50.2 Å². The molecule has 0 aliphatic heterocycles. The lowest BCUT2D eigenvalue weighted by Crippen LogP contribution is -2.34. The largest absolute Gasteiger partial charge is 0.335 e. The summed E-state index contributed by atoms with van der Waals surface area (Å²) in [5.41, 5.74) is 6.92. The molecule has 0 saturated carbocycles. The summed E-state index contributed by atoms with van der Waals surface area (Å²) in [5.74, 6) is 0.128. The van der Waals surface area contributed by atoms with Gasteiger partial charge in [-0.3, -0.25) is 19.9 Å². The van der Waals surface area contributed by atoms with E-state index in [0.29, 0.717) is 34.8 Å². The number of nitrogens with one attached hydrogen (secondary N) is 4. The van der Waals surface area contributed by atoms with E-state index in [-0.39, 0.29) is 11.7 Å². The summed E-state index contributed by atoms with van der Waals surface area (Å²) >= 11 is 0. The van der Waals surface area contributed by atoms with Crippen LogP contribution in [0.1, 0.15) is 38.8 Å². The van der Waals surface area contributed by atoms with Crippen LogP contribution in [0.4, 0.5) is 4.39 Å². The number of aliphatic imine (C=N–C) groups is 1. The van der Waals surface area contributed by atoms with Crippen molar-refractivity contribution in [2.24, 2.45) is 10.4 Å². The van der Waals surface area contributed by atoms with Crippen LogP contribution in [0.3, 0.4) is 0 Å². The lowest BCUT2D eigenvalue weighted by Gasteiger charge is -2.17. The Morgan fingerprint density at radius 2 is 1.95 bits per heavy atom. The van der Waals surface area contributed by atoms with E-state index in [1.165, 1.54) is 18.3 Å². The van der Waals surface area contributed by atoms with E-state index in [4.69, 9.17) is 4.98 Å². The van der Waals surface area contributed by atoms with Gasteiger partial charge in [0.1, 0.15) is 11.5 Å². The second-order valence-corrected chi connectivity index (χ2v) is 11.2. The Hall–Kier alpha value is -4.96. The second kappa shape index (κ2) is 11.5. The third-order valence-electron chi connectivity index (χ3n) is 6.74. The van der Waals surface area contributed by atoms with E-state index in [2.05, 4.69) is 42.4 Å². The summed E-state index contributed by atoms with van der Waals surface area (Å²) in [7, 11) is 1.82. The molecule has 0 spiro atoms. The number of H-pyrrole nitrogens is 2. The zero-order chi connectivity index (χ0) is 30.0. The summed E-state index contributed by atoms with van der Waals surface area (Å²) in [6, 6.07) is 10.9. The standard InChI is InChI=1S/C32H33FN8O/c1-18(13-35-14-19(2)37-31(42)32(3,4)5)21-7-8-26-24(12-21)29(41-40-26)30-38-27-17-36-16-25(28(27)39-30)22-9-20(15-34-6)10-23(33)11-22/h7-14,16-17,34H,2,15H2,1,3-6H3,(H,37,42)(H,38,39)(H,40,41)/b18-13+,35-14?. The SMILES string of the molecule is C=C(C=N/C=C(\C)c1ccc2[nH]nc(-c3nc4c(-c5cc(F)cc(CNC)c5)cncc4[nH]3)c2c1)NC(=O)C(C)(C)C. The Balaban J connectivity index is 1.45. The van der Waals surface area contributed by atoms with Gasteiger partial charge < -0.3 is 15.6 Å². The number of allylic oxidation sites excluding steroid dienone is 2. The highest BCUT2D eigenvalue weighted by Gasteiger charge is 2.21. The second-order valence-electron chi connectivity index (χ2n) is 11.2. The lowest BCUT2D eigenvalue weighted by atomic mass is 9.96. The fraction of sp³-hybridized carbons (Fsp3) is 0.219. The van der Waals surface area contributed by atoms with Crippen LogP contribution in [0.5, 0.6) is 0 Å². The van der Waals surface area contributed by atoms with Gasteiger partial charge in [0.25, 0.3) is 0 Å². The fourth-order valence-electron chi connectivity index (χ4n) is 4.49. The van der Waals surface area contributed by atoms with E-state index in [1.807, 2.05) is 59.0 Å². The first-order valence-electron chi connectivity index (χ1n) is 13.5. The number of rotatable bonds is 8. The third-order valence-corrected chi connectivity index (χ3v) is 6.74. The predicted octanol–water partition coefficient (Wildman–Crippen LogP) is 6.13. The van der Waals surface area contributed by atoms with Crippen LogP contribution in [0, 0.1) is 11.2 Å². The zero-order valence-corrected chi connectivity index (χ0v) is 24.3. The van der Waals surface area contributed by atoms with Crippen molar-refractivity contribution < 1.29 is 9.18 Å². The van der Waals surface area contributed by atoms with Crippen LogP contribution in [0.15, 0.2) is 72.3 Å². The molecule has 3 heterocycles. The van der Waals surface area contributed by atoms with Gasteiger partial charge in [-0.05, 0) is 66.6 Å². The Kier molecular flexibility index (Phi) is 7.82. The van der Waals surface area contributed by atoms with Crippen molar-refractivity contribution in [3.63, 3.8) is 0 Å². The maximum Gasteiger partial charge on any atom is 0.229 e. The van der Waals surface area contributed by atoms with Crippen molar-refractivity contribution in [3.8, 4) is 22.6 Å². The van der Waals surface area contributed by atoms with Crippen LogP contribution in [-0.2, 0) is 11.3 Å². The average Bonchev–Trinajstić information content (AvgIpc) is 3.56. The van der Waals surface area contributed by atoms with Crippen molar-refractivity contribution in [2.45, 2.75) is 34.2 Å². The average molecular weight is 565 g/mol. The van der Waals surface area contributed by atoms with E-state index in [1.54, 1.807) is 18.6 Å². The number of benzene rings is 2. The first kappa shape index (κ1) is 28.6. The summed E-state index contributed by atoms with van der Waals surface area (Å²) in [6.07, 6.45) is 6.64. The minimum absolute atomic E-state index is 0.124. The molecule has 0 aliphatic rings. The van der Waals surface area contributed by atoms with Gasteiger partial charge in [0.05, 0.1) is 28.4 Å². The van der Waals surface area contributed by atoms with Crippen LogP contribution >= 0.6 is 0 Å². The van der Waals surface area contributed by atoms with Gasteiger partial charge >= 0.3 is 0 Å². The Labute approximate surface area is 243 Å². The monoisotopic (exact) mass is 564 g/mol. The molecule has 0 fully saturated rings. The number of aromatic nitrogens is 5. The molecule has 0 radical (unpaired) electrons. The van der Waals surface area contributed by atoms with Crippen LogP contribution in [0.2, 0.25) is 0 Å². The van der Waals surface area contributed by atoms with Gasteiger partial charge in [-0.2, -0.15) is 5.10 Å². The Morgan fingerprint density at radius 3 is 2.71 bits per heavy atom. The molecule has 10 heteroatoms. The topological polar surface area (TPSA) is 124 Å². The number of halogens is 1. The number of imidazole rings is 1. The van der Waals surface area contributed by atoms with Crippen molar-refractivity contribution in [1.29, 1.82) is 0 Å². The quantitative estimate of drug-likeness (QED) is 0.169. The van der Waals surface area contributed by atoms with Gasteiger partial charge in [0, 0.05) is 41.5 Å². The maximum absolute atomic E-state index is 14.4. The molecule has 0 aliphatic carbocycles. The molecule has 9 nitrogen and oxygen atoms in total. The molecule has 0 unspecified atom stereocenters. The van der Waals surface area contributed by atoms with Gasteiger partial charge in [0.15, 0.2) is 5.82 Å². The minimum atomic E-state index is -0.520. The van der Waals surface area contributed by atoms with E-state index < -0.39 is 5.41 Å². The molecule has 2 aromatic carbocycles. The number of hydrogen-bond acceptors (Lipinski definition) is 6. The lowest BCUT2D eigenvalue weighted by molar-refractivity contribution is -0.127. The molecule has 0 atom stereocenters. The number of fused-ring (bicyclic) bond motifs is 2. The third kappa shape index (κ3) is 6.03. The van der Waals surface area contributed by atoms with E-state index >= 15 is 0 Å². The number of carbonyl (C=O) groups is 1. The van der Waals surface area contributed by atoms with Crippen molar-refractivity contribution >= 4 is 39.6 Å². The van der Waals surface area contributed by atoms with Crippen LogP contribution < -0.4 is 10.6 Å². The molecule has 4 N–H and O–H groups in total. The number of amides is 1. The molecular formula is C32H33FN8O. The van der Waals surface area contributed by atoms with Gasteiger partial charge in [0.2, 0.25) is 5.91 Å². The minimum Gasteiger partial charge on any atom is -0.335 e. The first-order chi connectivity index (χ1) is 20.0. The molecule has 42 heavy (non-hydrogen) atoms. The Bertz CT molecular complexity index is 1870. The van der Waals surface area contributed by atoms with Crippen molar-refractivity contribution in [2.75, 3.05) is 7.05 Å². The highest BCUT2D eigenvalue weighted by atomic mass is 19.1. The number of pyridine rings is 1. The summed E-state index contributed by atoms with van der Waals surface area (Å²) in [6.45, 7) is 11.9. The van der Waals surface area contributed by atoms with Gasteiger partial charge in [-0.1, -0.05) is 33.4 Å². The number of carbonyl (C=O) groups excluding carboxylic acids is 1. The van der Waals surface area contributed by atoms with Crippen LogP contribution in [-0.4, -0.2) is 44.3 Å². The predicted molar refractivity (Wildman–Crippen MR) is 166 cm³/mol. The van der Waals surface area contributed by atoms with Gasteiger partial charge in [-0.25, -0.2) is 9.37 Å². The van der Waals surface area contributed by atoms with Crippen molar-refractivity contribution in [3.05, 3.63) is 84.2 Å². The van der Waals surface area contributed by atoms with E-state index in [9.17, 15) is 9.18 Å². The smallest absolute Gasteiger partial charge is 0.229 e. The highest BCUT2D eigenvalue weighted by Crippen LogP contribution is 2.32. The molecule has 214 valence electrons. The Morgan fingerprint density at radius 1 is 1.14 bits per heavy atom. The first-order valence-corrected chi connectivity index (χ1v) is 13.5. The molecular weight excluding hydrogens is 531 g/mol. The number of aromatic amines is 2. The zero-order valence-electron chi connectivity index (χ0n) is 24.3. The van der Waals surface area contributed by atoms with Crippen molar-refractivity contribution in [1.82, 2.24) is 35.8 Å². The highest BCUT2D eigenvalue weighted by molar-refractivity contribution is 5.97. The summed E-state index contributed by atoms with van der Waals surface area (Å²) in [5, 5.41) is 14.3. The number of nitrogens with zero attached hydrogens (tertiary/aromatic N) is 4. The molecule has 3 aromatic heterocycles. The fourth-order valence-corrected chi connectivity index (χ4v) is 4.49. The van der Waals surface area contributed by atoms with Gasteiger partial charge in [-0.15, -0.1) is 0 Å². The molecule has 1 amide bonds. The molecule has 5 aromatic rings. The molecule has 5 rings (SSSR count). The number of hydrogen-bond donors (Lipinski definition) is 4. The molecule has 0 saturated heterocycles. The normalized spacial score (nSPS) is 12.5. The maximum atomic E-state index is 14.4. The van der Waals surface area contributed by atoms with E-state index in [0.717, 1.165) is 38.7 Å². The summed E-state index contributed by atoms with van der Waals surface area (Å²) < 4.78 is 14.4. The summed E-state index contributed by atoms with van der Waals surface area (Å²) in [4.78, 5) is 29.1.